The number of hydrogen-bond acceptors (Lipinski definition) is 4. The first-order valence-corrected chi connectivity index (χ1v) is 12.4. The number of carboxylic acid groups (broad SMARTS) is 1. The predicted molar refractivity (Wildman–Crippen MR) is 134 cm³/mol. The summed E-state index contributed by atoms with van der Waals surface area (Å²) in [5.41, 5.74) is 2.28. The van der Waals surface area contributed by atoms with Crippen LogP contribution in [0.5, 0.6) is 5.75 Å². The molecule has 0 aliphatic carbocycles. The number of ether oxygens (including phenoxy) is 1. The second-order valence-corrected chi connectivity index (χ2v) is 10.5. The summed E-state index contributed by atoms with van der Waals surface area (Å²) < 4.78 is 5.95. The number of benzene rings is 1. The van der Waals surface area contributed by atoms with Gasteiger partial charge in [-0.05, 0) is 53.7 Å². The molecule has 0 saturated heterocycles. The van der Waals surface area contributed by atoms with Crippen molar-refractivity contribution in [3.05, 3.63) is 64.1 Å². The Bertz CT molecular complexity index is 885. The summed E-state index contributed by atoms with van der Waals surface area (Å²) in [5.74, 6) is 0.651. The van der Waals surface area contributed by atoms with Crippen LogP contribution in [0.25, 0.3) is 0 Å². The molecular weight excluding hydrogens is 420 g/mol. The number of aliphatic carboxylic acids is 1. The van der Waals surface area contributed by atoms with Gasteiger partial charge in [0, 0.05) is 11.2 Å². The average Bonchev–Trinajstić information content (AvgIpc) is 2.86. The lowest BCUT2D eigenvalue weighted by molar-refractivity contribution is -0.132. The summed E-state index contributed by atoms with van der Waals surface area (Å²) in [6.45, 7) is 12.7. The first-order chi connectivity index (χ1) is 15.0. The van der Waals surface area contributed by atoms with E-state index in [1.165, 1.54) is 10.5 Å². The van der Waals surface area contributed by atoms with Crippen LogP contribution in [0, 0.1) is 12.3 Å². The molecule has 32 heavy (non-hydrogen) atoms. The Morgan fingerprint density at radius 1 is 1.19 bits per heavy atom. The Hall–Kier alpha value is -1.98. The highest BCUT2D eigenvalue weighted by Gasteiger charge is 2.33. The van der Waals surface area contributed by atoms with Crippen molar-refractivity contribution in [2.45, 2.75) is 72.3 Å². The van der Waals surface area contributed by atoms with Gasteiger partial charge < -0.3 is 14.9 Å². The summed E-state index contributed by atoms with van der Waals surface area (Å²) in [7, 11) is 0. The fraction of sp³-hybridized carbons (Fsp3) is 0.519. The maximum Gasteiger partial charge on any atom is 0.335 e. The van der Waals surface area contributed by atoms with Crippen molar-refractivity contribution >= 4 is 17.7 Å². The van der Waals surface area contributed by atoms with E-state index in [9.17, 15) is 15.0 Å². The van der Waals surface area contributed by atoms with Crippen molar-refractivity contribution in [3.63, 3.8) is 0 Å². The second kappa shape index (κ2) is 11.2. The highest BCUT2D eigenvalue weighted by atomic mass is 32.2. The van der Waals surface area contributed by atoms with E-state index in [1.54, 1.807) is 23.9 Å². The van der Waals surface area contributed by atoms with Crippen LogP contribution in [-0.4, -0.2) is 34.6 Å². The number of hydrogen-bond donors (Lipinski definition) is 2. The number of aliphatic hydroxyl groups is 1. The Morgan fingerprint density at radius 3 is 2.44 bits per heavy atom. The lowest BCUT2D eigenvalue weighted by atomic mass is 9.74. The number of allylic oxidation sites excluding steroid dienone is 3. The molecule has 0 radical (unpaired) electrons. The van der Waals surface area contributed by atoms with Gasteiger partial charge in [-0.2, -0.15) is 0 Å². The normalized spacial score (nSPS) is 20.6. The summed E-state index contributed by atoms with van der Waals surface area (Å²) in [5, 5.41) is 19.7. The summed E-state index contributed by atoms with van der Waals surface area (Å²) in [6, 6.07) is 6.36. The highest BCUT2D eigenvalue weighted by Crippen LogP contribution is 2.45. The molecule has 2 N–H and O–H groups in total. The predicted octanol–water partition coefficient (Wildman–Crippen LogP) is 6.43. The first-order valence-electron chi connectivity index (χ1n) is 11.4. The molecule has 176 valence electrons. The van der Waals surface area contributed by atoms with E-state index in [0.29, 0.717) is 12.0 Å². The fourth-order valence-electron chi connectivity index (χ4n) is 3.90. The van der Waals surface area contributed by atoms with Crippen LogP contribution in [0.3, 0.4) is 0 Å². The zero-order valence-electron chi connectivity index (χ0n) is 20.3. The van der Waals surface area contributed by atoms with E-state index < -0.39 is 12.1 Å². The number of carbonyl (C=O) groups is 1. The zero-order valence-corrected chi connectivity index (χ0v) is 21.1. The minimum atomic E-state index is -0.886. The molecule has 1 aliphatic rings. The third-order valence-electron chi connectivity index (χ3n) is 6.32. The molecule has 1 unspecified atom stereocenters. The third kappa shape index (κ3) is 6.29. The summed E-state index contributed by atoms with van der Waals surface area (Å²) in [4.78, 5) is 12.7. The van der Waals surface area contributed by atoms with Crippen molar-refractivity contribution in [2.75, 3.05) is 12.4 Å². The molecule has 5 heteroatoms. The number of thioether (sulfide) groups is 1. The SMILES string of the molecule is CCC(CC)(/C1=C/C/C=C(C(=O)O)\C=C/CS1)c1ccc(OCC(O)C(C)(C)C)c(C)c1. The van der Waals surface area contributed by atoms with Crippen LogP contribution < -0.4 is 4.74 Å². The minimum absolute atomic E-state index is 0.131. The van der Waals surface area contributed by atoms with Crippen molar-refractivity contribution in [3.8, 4) is 5.75 Å². The fourth-order valence-corrected chi connectivity index (χ4v) is 5.17. The lowest BCUT2D eigenvalue weighted by Crippen LogP contribution is -2.32. The summed E-state index contributed by atoms with van der Waals surface area (Å²) in [6.07, 6.45) is 9.56. The lowest BCUT2D eigenvalue weighted by Gasteiger charge is -2.35. The van der Waals surface area contributed by atoms with Gasteiger partial charge in [-0.25, -0.2) is 4.79 Å². The van der Waals surface area contributed by atoms with Crippen LogP contribution in [0.4, 0.5) is 0 Å². The van der Waals surface area contributed by atoms with Crippen LogP contribution in [0.15, 0.2) is 53.0 Å². The van der Waals surface area contributed by atoms with E-state index in [1.807, 2.05) is 39.8 Å². The average molecular weight is 459 g/mol. The highest BCUT2D eigenvalue weighted by molar-refractivity contribution is 8.03. The Labute approximate surface area is 197 Å². The van der Waals surface area contributed by atoms with E-state index in [0.717, 1.165) is 29.9 Å². The van der Waals surface area contributed by atoms with Gasteiger partial charge in [-0.15, -0.1) is 11.8 Å². The molecular formula is C27H38O4S. The van der Waals surface area contributed by atoms with Gasteiger partial charge in [-0.3, -0.25) is 0 Å². The Kier molecular flexibility index (Phi) is 9.23. The van der Waals surface area contributed by atoms with Gasteiger partial charge in [0.25, 0.3) is 0 Å². The Morgan fingerprint density at radius 2 is 1.88 bits per heavy atom. The zero-order chi connectivity index (χ0) is 23.9. The molecule has 1 aromatic rings. The monoisotopic (exact) mass is 458 g/mol. The number of rotatable bonds is 8. The van der Waals surface area contributed by atoms with Gasteiger partial charge in [0.1, 0.15) is 12.4 Å². The standard InChI is InChI=1S/C27H38O4S/c1-7-27(8-2,24-13-9-11-20(25(29)30)12-10-16-32-24)21-14-15-22(19(3)17-21)31-18-23(28)26(4,5)6/h10-15,17,23,28H,7-9,16,18H2,1-6H3,(H,29,30)/b12-10-,20-11+,24-13-. The Balaban J connectivity index is 2.34. The van der Waals surface area contributed by atoms with Crippen molar-refractivity contribution in [1.29, 1.82) is 0 Å². The molecule has 1 aromatic carbocycles. The second-order valence-electron chi connectivity index (χ2n) is 9.44. The maximum absolute atomic E-state index is 11.4. The molecule has 1 atom stereocenters. The molecule has 1 heterocycles. The number of aryl methyl sites for hydroxylation is 1. The van der Waals surface area contributed by atoms with Gasteiger partial charge >= 0.3 is 5.97 Å². The molecule has 2 rings (SSSR count). The van der Waals surface area contributed by atoms with Gasteiger partial charge in [0.2, 0.25) is 0 Å². The molecule has 0 fully saturated rings. The van der Waals surface area contributed by atoms with Gasteiger partial charge in [-0.1, -0.05) is 71.1 Å². The minimum Gasteiger partial charge on any atom is -0.491 e. The van der Waals surface area contributed by atoms with Gasteiger partial charge in [0.05, 0.1) is 11.7 Å². The van der Waals surface area contributed by atoms with Crippen molar-refractivity contribution in [2.24, 2.45) is 5.41 Å². The van der Waals surface area contributed by atoms with Gasteiger partial charge in [0.15, 0.2) is 0 Å². The molecule has 0 amide bonds. The molecule has 1 aliphatic heterocycles. The quantitative estimate of drug-likeness (QED) is 0.470. The maximum atomic E-state index is 11.4. The van der Waals surface area contributed by atoms with Crippen LogP contribution >= 0.6 is 11.8 Å². The van der Waals surface area contributed by atoms with E-state index in [4.69, 9.17) is 4.74 Å². The molecule has 0 spiro atoms. The van der Waals surface area contributed by atoms with Crippen LogP contribution in [-0.2, 0) is 10.2 Å². The third-order valence-corrected chi connectivity index (χ3v) is 7.55. The topological polar surface area (TPSA) is 66.8 Å². The van der Waals surface area contributed by atoms with Crippen LogP contribution in [0.2, 0.25) is 0 Å². The first kappa shape index (κ1) is 26.3. The smallest absolute Gasteiger partial charge is 0.335 e. The number of aliphatic hydroxyl groups excluding tert-OH is 1. The van der Waals surface area contributed by atoms with Crippen molar-refractivity contribution in [1.82, 2.24) is 0 Å². The van der Waals surface area contributed by atoms with E-state index in [2.05, 4.69) is 32.1 Å². The van der Waals surface area contributed by atoms with E-state index >= 15 is 0 Å². The van der Waals surface area contributed by atoms with Crippen LogP contribution in [0.1, 0.15) is 65.0 Å². The number of carboxylic acids is 1. The molecule has 0 saturated carbocycles. The molecule has 4 nitrogen and oxygen atoms in total. The largest absolute Gasteiger partial charge is 0.491 e. The molecule has 0 bridgehead atoms. The van der Waals surface area contributed by atoms with E-state index in [-0.39, 0.29) is 17.4 Å². The summed E-state index contributed by atoms with van der Waals surface area (Å²) >= 11 is 1.79. The molecule has 0 aromatic heterocycles. The van der Waals surface area contributed by atoms with Crippen molar-refractivity contribution < 1.29 is 19.7 Å².